The highest BCUT2D eigenvalue weighted by Crippen LogP contribution is 2.40. The van der Waals surface area contributed by atoms with Crippen molar-refractivity contribution >= 4 is 11.6 Å². The van der Waals surface area contributed by atoms with Gasteiger partial charge in [-0.25, -0.2) is 0 Å². The van der Waals surface area contributed by atoms with E-state index < -0.39 is 5.41 Å². The Balaban J connectivity index is 2.36. The van der Waals surface area contributed by atoms with E-state index in [4.69, 9.17) is 5.73 Å². The number of carbonyl (C=O) groups excluding carboxylic acids is 1. The van der Waals surface area contributed by atoms with Crippen LogP contribution >= 0.6 is 0 Å². The van der Waals surface area contributed by atoms with E-state index in [9.17, 15) is 4.79 Å². The fraction of sp³-hybridized carbons (Fsp3) is 0.533. The van der Waals surface area contributed by atoms with Crippen LogP contribution in [0.4, 0.5) is 5.69 Å². The third-order valence-corrected chi connectivity index (χ3v) is 3.74. The van der Waals surface area contributed by atoms with Crippen LogP contribution in [0.15, 0.2) is 12.1 Å². The molecule has 1 aromatic rings. The van der Waals surface area contributed by atoms with Crippen LogP contribution in [-0.2, 0) is 16.6 Å². The molecule has 0 unspecified atom stereocenters. The van der Waals surface area contributed by atoms with Crippen LogP contribution in [0.25, 0.3) is 0 Å². The van der Waals surface area contributed by atoms with Crippen molar-refractivity contribution < 1.29 is 4.79 Å². The number of rotatable bonds is 4. The maximum atomic E-state index is 12.0. The van der Waals surface area contributed by atoms with Crippen molar-refractivity contribution in [2.45, 2.75) is 45.4 Å². The molecule has 3 heteroatoms. The molecule has 1 aliphatic heterocycles. The summed E-state index contributed by atoms with van der Waals surface area (Å²) in [4.78, 5) is 12.0. The Kier molecular flexibility index (Phi) is 3.44. The highest BCUT2D eigenvalue weighted by molar-refractivity contribution is 6.06. The summed E-state index contributed by atoms with van der Waals surface area (Å²) in [5.74, 6) is 0.100. The normalized spacial score (nSPS) is 16.6. The lowest BCUT2D eigenvalue weighted by Crippen LogP contribution is -2.26. The van der Waals surface area contributed by atoms with Crippen LogP contribution in [0.2, 0.25) is 0 Å². The number of carbonyl (C=O) groups is 1. The summed E-state index contributed by atoms with van der Waals surface area (Å²) < 4.78 is 0. The van der Waals surface area contributed by atoms with E-state index in [0.717, 1.165) is 37.1 Å². The number of nitrogens with one attached hydrogen (secondary N) is 1. The second-order valence-electron chi connectivity index (χ2n) is 5.67. The summed E-state index contributed by atoms with van der Waals surface area (Å²) in [6.45, 7) is 6.78. The molecule has 3 nitrogen and oxygen atoms in total. The van der Waals surface area contributed by atoms with Crippen LogP contribution in [-0.4, -0.2) is 12.5 Å². The third kappa shape index (κ3) is 2.15. The van der Waals surface area contributed by atoms with Gasteiger partial charge in [0.25, 0.3) is 0 Å². The summed E-state index contributed by atoms with van der Waals surface area (Å²) in [5.41, 5.74) is 9.76. The molecular weight excluding hydrogens is 224 g/mol. The van der Waals surface area contributed by atoms with E-state index >= 15 is 0 Å². The Morgan fingerprint density at radius 2 is 2.00 bits per heavy atom. The molecular formula is C15H22N2O. The Bertz CT molecular complexity index is 478. The van der Waals surface area contributed by atoms with E-state index in [1.165, 1.54) is 11.1 Å². The molecule has 3 N–H and O–H groups in total. The maximum absolute atomic E-state index is 12.0. The number of fused-ring (bicyclic) bond motifs is 1. The molecule has 0 spiro atoms. The first-order chi connectivity index (χ1) is 8.46. The van der Waals surface area contributed by atoms with Crippen molar-refractivity contribution in [3.8, 4) is 0 Å². The lowest BCUT2D eigenvalue weighted by atomic mass is 9.84. The molecule has 0 saturated heterocycles. The minimum absolute atomic E-state index is 0.100. The predicted octanol–water partition coefficient (Wildman–Crippen LogP) is 2.51. The van der Waals surface area contributed by atoms with Gasteiger partial charge in [-0.3, -0.25) is 4.79 Å². The average Bonchev–Trinajstić information content (AvgIpc) is 2.52. The number of unbranched alkanes of at least 4 members (excludes halogenated alkanes) is 1. The Morgan fingerprint density at radius 3 is 2.67 bits per heavy atom. The smallest absolute Gasteiger partial charge is 0.234 e. The standard InChI is InChI=1S/C15H22N2O/c1-10-8-11(6-4-5-7-16)13-12(9-10)15(2,3)14(18)17-13/h8-9H,4-7,16H2,1-3H3,(H,17,18). The highest BCUT2D eigenvalue weighted by Gasteiger charge is 2.39. The van der Waals surface area contributed by atoms with E-state index in [2.05, 4.69) is 24.4 Å². The van der Waals surface area contributed by atoms with Crippen molar-refractivity contribution in [1.82, 2.24) is 0 Å². The quantitative estimate of drug-likeness (QED) is 0.802. The summed E-state index contributed by atoms with van der Waals surface area (Å²) >= 11 is 0. The predicted molar refractivity (Wildman–Crippen MR) is 74.8 cm³/mol. The summed E-state index contributed by atoms with van der Waals surface area (Å²) in [5, 5.41) is 3.04. The largest absolute Gasteiger partial charge is 0.330 e. The fourth-order valence-corrected chi connectivity index (χ4v) is 2.55. The van der Waals surface area contributed by atoms with E-state index in [1.807, 2.05) is 13.8 Å². The van der Waals surface area contributed by atoms with E-state index in [0.29, 0.717) is 0 Å². The van der Waals surface area contributed by atoms with Gasteiger partial charge in [0.1, 0.15) is 0 Å². The van der Waals surface area contributed by atoms with Crippen LogP contribution in [0, 0.1) is 6.92 Å². The van der Waals surface area contributed by atoms with Gasteiger partial charge in [-0.1, -0.05) is 17.7 Å². The molecule has 0 aliphatic carbocycles. The number of hydrogen-bond acceptors (Lipinski definition) is 2. The molecule has 1 heterocycles. The molecule has 98 valence electrons. The van der Waals surface area contributed by atoms with Crippen LogP contribution in [0.5, 0.6) is 0 Å². The van der Waals surface area contributed by atoms with Gasteiger partial charge in [0.2, 0.25) is 5.91 Å². The monoisotopic (exact) mass is 246 g/mol. The molecule has 0 saturated carbocycles. The first kappa shape index (κ1) is 13.1. The Morgan fingerprint density at radius 1 is 1.28 bits per heavy atom. The number of hydrogen-bond donors (Lipinski definition) is 2. The Labute approximate surface area is 109 Å². The van der Waals surface area contributed by atoms with E-state index in [1.54, 1.807) is 0 Å². The average molecular weight is 246 g/mol. The number of nitrogens with two attached hydrogens (primary N) is 1. The molecule has 0 aromatic heterocycles. The second-order valence-corrected chi connectivity index (χ2v) is 5.67. The first-order valence-electron chi connectivity index (χ1n) is 6.62. The van der Waals surface area contributed by atoms with Crippen molar-refractivity contribution in [2.24, 2.45) is 5.73 Å². The van der Waals surface area contributed by atoms with Gasteiger partial charge in [0.15, 0.2) is 0 Å². The number of aryl methyl sites for hydroxylation is 2. The van der Waals surface area contributed by atoms with Gasteiger partial charge >= 0.3 is 0 Å². The molecule has 1 aromatic carbocycles. The Hall–Kier alpha value is -1.35. The summed E-state index contributed by atoms with van der Waals surface area (Å²) in [7, 11) is 0. The lowest BCUT2D eigenvalue weighted by Gasteiger charge is -2.16. The number of anilines is 1. The molecule has 0 bridgehead atoms. The van der Waals surface area contributed by atoms with Crippen molar-refractivity contribution in [3.63, 3.8) is 0 Å². The maximum Gasteiger partial charge on any atom is 0.234 e. The van der Waals surface area contributed by atoms with Gasteiger partial charge in [-0.05, 0) is 57.7 Å². The minimum atomic E-state index is -0.413. The SMILES string of the molecule is Cc1cc(CCCCN)c2c(c1)C(C)(C)C(=O)N2. The second kappa shape index (κ2) is 4.73. The van der Waals surface area contributed by atoms with Crippen LogP contribution in [0.1, 0.15) is 43.4 Å². The molecule has 1 amide bonds. The summed E-state index contributed by atoms with van der Waals surface area (Å²) in [6, 6.07) is 4.30. The molecule has 1 aliphatic rings. The zero-order chi connectivity index (χ0) is 13.3. The zero-order valence-corrected chi connectivity index (χ0v) is 11.5. The molecule has 0 radical (unpaired) electrons. The van der Waals surface area contributed by atoms with Gasteiger partial charge < -0.3 is 11.1 Å². The number of benzene rings is 1. The minimum Gasteiger partial charge on any atom is -0.330 e. The first-order valence-corrected chi connectivity index (χ1v) is 6.62. The lowest BCUT2D eigenvalue weighted by molar-refractivity contribution is -0.119. The molecule has 0 atom stereocenters. The molecule has 2 rings (SSSR count). The summed E-state index contributed by atoms with van der Waals surface area (Å²) in [6.07, 6.45) is 3.08. The van der Waals surface area contributed by atoms with Crippen LogP contribution < -0.4 is 11.1 Å². The zero-order valence-electron chi connectivity index (χ0n) is 11.5. The van der Waals surface area contributed by atoms with Crippen LogP contribution in [0.3, 0.4) is 0 Å². The fourth-order valence-electron chi connectivity index (χ4n) is 2.55. The topological polar surface area (TPSA) is 55.1 Å². The number of amides is 1. The van der Waals surface area contributed by atoms with Gasteiger partial charge in [-0.15, -0.1) is 0 Å². The van der Waals surface area contributed by atoms with Crippen molar-refractivity contribution in [1.29, 1.82) is 0 Å². The van der Waals surface area contributed by atoms with Crippen molar-refractivity contribution in [3.05, 3.63) is 28.8 Å². The van der Waals surface area contributed by atoms with Gasteiger partial charge in [-0.2, -0.15) is 0 Å². The van der Waals surface area contributed by atoms with E-state index in [-0.39, 0.29) is 5.91 Å². The van der Waals surface area contributed by atoms with Gasteiger partial charge in [0.05, 0.1) is 5.41 Å². The van der Waals surface area contributed by atoms with Gasteiger partial charge in [0, 0.05) is 5.69 Å². The highest BCUT2D eigenvalue weighted by atomic mass is 16.2. The van der Waals surface area contributed by atoms with Crippen molar-refractivity contribution in [2.75, 3.05) is 11.9 Å². The third-order valence-electron chi connectivity index (χ3n) is 3.74. The molecule has 18 heavy (non-hydrogen) atoms. The molecule has 0 fully saturated rings.